The molecule has 0 aliphatic rings. The van der Waals surface area contributed by atoms with E-state index in [-0.39, 0.29) is 5.88 Å². The second kappa shape index (κ2) is 8.35. The standard InChI is InChI=1S/C16H24N2O3/c1-5-7-8-13(6-2)10-20-16(19)18-15-14(9-17)11(3)12(4)21-15/h13H,5-8,10H2,1-4H3,(H,18,19). The Hall–Kier alpha value is -1.96. The summed E-state index contributed by atoms with van der Waals surface area (Å²) in [5.74, 6) is 1.17. The minimum absolute atomic E-state index is 0.166. The molecule has 0 radical (unpaired) electrons. The van der Waals surface area contributed by atoms with E-state index in [4.69, 9.17) is 14.4 Å². The molecule has 0 aromatic carbocycles. The summed E-state index contributed by atoms with van der Waals surface area (Å²) < 4.78 is 10.6. The van der Waals surface area contributed by atoms with Crippen LogP contribution in [-0.2, 0) is 4.74 Å². The SMILES string of the molecule is CCCCC(CC)COC(=O)Nc1oc(C)c(C)c1C#N. The number of furan rings is 1. The van der Waals surface area contributed by atoms with Crippen molar-refractivity contribution in [2.45, 2.75) is 53.4 Å². The largest absolute Gasteiger partial charge is 0.449 e. The Morgan fingerprint density at radius 2 is 2.14 bits per heavy atom. The van der Waals surface area contributed by atoms with Crippen LogP contribution in [-0.4, -0.2) is 12.7 Å². The van der Waals surface area contributed by atoms with Crippen molar-refractivity contribution in [3.63, 3.8) is 0 Å². The van der Waals surface area contributed by atoms with Crippen molar-refractivity contribution < 1.29 is 13.9 Å². The first-order valence-corrected chi connectivity index (χ1v) is 7.47. The lowest BCUT2D eigenvalue weighted by Gasteiger charge is -2.14. The van der Waals surface area contributed by atoms with Crippen molar-refractivity contribution in [2.24, 2.45) is 5.92 Å². The predicted octanol–water partition coefficient (Wildman–Crippen LogP) is 4.53. The molecule has 0 saturated heterocycles. The molecule has 0 spiro atoms. The van der Waals surface area contributed by atoms with Gasteiger partial charge >= 0.3 is 6.09 Å². The molecule has 0 bridgehead atoms. The van der Waals surface area contributed by atoms with Gasteiger partial charge in [-0.1, -0.05) is 33.1 Å². The zero-order valence-electron chi connectivity index (χ0n) is 13.3. The van der Waals surface area contributed by atoms with Crippen molar-refractivity contribution in [3.8, 4) is 6.07 Å². The summed E-state index contributed by atoms with van der Waals surface area (Å²) in [4.78, 5) is 11.8. The lowest BCUT2D eigenvalue weighted by molar-refractivity contribution is 0.135. The smallest absolute Gasteiger partial charge is 0.414 e. The summed E-state index contributed by atoms with van der Waals surface area (Å²) in [7, 11) is 0. The van der Waals surface area contributed by atoms with Gasteiger partial charge in [-0.05, 0) is 26.2 Å². The van der Waals surface area contributed by atoms with Crippen LogP contribution in [0.1, 0.15) is 56.4 Å². The highest BCUT2D eigenvalue weighted by Crippen LogP contribution is 2.25. The minimum Gasteiger partial charge on any atom is -0.449 e. The van der Waals surface area contributed by atoms with Crippen LogP contribution in [0.4, 0.5) is 10.7 Å². The molecule has 116 valence electrons. The van der Waals surface area contributed by atoms with Crippen molar-refractivity contribution >= 4 is 12.0 Å². The van der Waals surface area contributed by atoms with E-state index in [0.717, 1.165) is 31.2 Å². The number of unbranched alkanes of at least 4 members (excludes halogenated alkanes) is 1. The third-order valence-electron chi connectivity index (χ3n) is 3.71. The van der Waals surface area contributed by atoms with Crippen LogP contribution < -0.4 is 5.32 Å². The lowest BCUT2D eigenvalue weighted by Crippen LogP contribution is -2.18. The van der Waals surface area contributed by atoms with Crippen LogP contribution in [0.2, 0.25) is 0 Å². The van der Waals surface area contributed by atoms with E-state index in [1.165, 1.54) is 0 Å². The number of nitriles is 1. The average Bonchev–Trinajstić information content (AvgIpc) is 2.73. The number of hydrogen-bond donors (Lipinski definition) is 1. The first-order valence-electron chi connectivity index (χ1n) is 7.47. The number of rotatable bonds is 7. The van der Waals surface area contributed by atoms with Crippen molar-refractivity contribution in [1.82, 2.24) is 0 Å². The second-order valence-corrected chi connectivity index (χ2v) is 5.24. The van der Waals surface area contributed by atoms with E-state index < -0.39 is 6.09 Å². The third-order valence-corrected chi connectivity index (χ3v) is 3.71. The van der Waals surface area contributed by atoms with Crippen LogP contribution >= 0.6 is 0 Å². The van der Waals surface area contributed by atoms with Gasteiger partial charge in [0.15, 0.2) is 0 Å². The van der Waals surface area contributed by atoms with Crippen LogP contribution in [0.3, 0.4) is 0 Å². The molecule has 0 aliphatic carbocycles. The Balaban J connectivity index is 2.54. The molecule has 0 saturated carbocycles. The van der Waals surface area contributed by atoms with Gasteiger partial charge < -0.3 is 9.15 Å². The zero-order valence-corrected chi connectivity index (χ0v) is 13.3. The van der Waals surface area contributed by atoms with E-state index in [9.17, 15) is 4.79 Å². The number of nitrogens with one attached hydrogen (secondary N) is 1. The fourth-order valence-electron chi connectivity index (χ4n) is 2.07. The van der Waals surface area contributed by atoms with Gasteiger partial charge in [-0.3, -0.25) is 5.32 Å². The summed E-state index contributed by atoms with van der Waals surface area (Å²) in [6.07, 6.45) is 3.74. The molecule has 1 aromatic heterocycles. The maximum Gasteiger partial charge on any atom is 0.414 e. The van der Waals surface area contributed by atoms with Crippen LogP contribution in [0.5, 0.6) is 0 Å². The highest BCUT2D eigenvalue weighted by atomic mass is 16.6. The summed E-state index contributed by atoms with van der Waals surface area (Å²) >= 11 is 0. The van der Waals surface area contributed by atoms with Gasteiger partial charge in [0.1, 0.15) is 17.4 Å². The number of carbonyl (C=O) groups excluding carboxylic acids is 1. The first kappa shape index (κ1) is 17.1. The third kappa shape index (κ3) is 4.82. The van der Waals surface area contributed by atoms with Crippen LogP contribution in [0.25, 0.3) is 0 Å². The second-order valence-electron chi connectivity index (χ2n) is 5.24. The predicted molar refractivity (Wildman–Crippen MR) is 81.2 cm³/mol. The average molecular weight is 292 g/mol. The van der Waals surface area contributed by atoms with E-state index in [2.05, 4.69) is 19.2 Å². The summed E-state index contributed by atoms with van der Waals surface area (Å²) in [6, 6.07) is 2.03. The van der Waals surface area contributed by atoms with Gasteiger partial charge in [-0.15, -0.1) is 0 Å². The fourth-order valence-corrected chi connectivity index (χ4v) is 2.07. The number of aryl methyl sites for hydroxylation is 1. The Morgan fingerprint density at radius 3 is 2.71 bits per heavy atom. The van der Waals surface area contributed by atoms with E-state index in [1.807, 2.05) is 6.07 Å². The Labute approximate surface area is 126 Å². The summed E-state index contributed by atoms with van der Waals surface area (Å²) in [5.41, 5.74) is 1.09. The molecule has 0 aliphatic heterocycles. The van der Waals surface area contributed by atoms with Gasteiger partial charge in [0.2, 0.25) is 5.88 Å². The first-order chi connectivity index (χ1) is 10.0. The van der Waals surface area contributed by atoms with Crippen LogP contribution in [0, 0.1) is 31.1 Å². The Morgan fingerprint density at radius 1 is 1.43 bits per heavy atom. The topological polar surface area (TPSA) is 75.3 Å². The van der Waals surface area contributed by atoms with E-state index in [0.29, 0.717) is 23.8 Å². The molecule has 1 amide bonds. The van der Waals surface area contributed by atoms with Gasteiger partial charge in [0.05, 0.1) is 6.61 Å². The van der Waals surface area contributed by atoms with Crippen molar-refractivity contribution in [3.05, 3.63) is 16.9 Å². The molecule has 1 unspecified atom stereocenters. The number of carbonyl (C=O) groups is 1. The van der Waals surface area contributed by atoms with Gasteiger partial charge in [-0.2, -0.15) is 5.26 Å². The van der Waals surface area contributed by atoms with Crippen molar-refractivity contribution in [1.29, 1.82) is 5.26 Å². The highest BCUT2D eigenvalue weighted by molar-refractivity contribution is 5.85. The lowest BCUT2D eigenvalue weighted by atomic mass is 10.0. The van der Waals surface area contributed by atoms with Crippen LogP contribution in [0.15, 0.2) is 4.42 Å². The Kier molecular flexibility index (Phi) is 6.80. The Bertz CT molecular complexity index is 514. The summed E-state index contributed by atoms with van der Waals surface area (Å²) in [5, 5.41) is 11.6. The fraction of sp³-hybridized carbons (Fsp3) is 0.625. The minimum atomic E-state index is -0.574. The quantitative estimate of drug-likeness (QED) is 0.801. The number of anilines is 1. The number of ether oxygens (including phenoxy) is 1. The van der Waals surface area contributed by atoms with Gasteiger partial charge in [-0.25, -0.2) is 4.79 Å². The maximum atomic E-state index is 11.8. The molecule has 1 aromatic rings. The monoisotopic (exact) mass is 292 g/mol. The number of amides is 1. The number of hydrogen-bond acceptors (Lipinski definition) is 4. The number of nitrogens with zero attached hydrogens (tertiary/aromatic N) is 1. The van der Waals surface area contributed by atoms with Gasteiger partial charge in [0, 0.05) is 5.56 Å². The molecule has 5 nitrogen and oxygen atoms in total. The van der Waals surface area contributed by atoms with E-state index in [1.54, 1.807) is 13.8 Å². The molecular formula is C16H24N2O3. The highest BCUT2D eigenvalue weighted by Gasteiger charge is 2.18. The molecule has 5 heteroatoms. The van der Waals surface area contributed by atoms with Crippen molar-refractivity contribution in [2.75, 3.05) is 11.9 Å². The zero-order chi connectivity index (χ0) is 15.8. The molecule has 1 N–H and O–H groups in total. The molecule has 21 heavy (non-hydrogen) atoms. The maximum absolute atomic E-state index is 11.8. The molecule has 1 rings (SSSR count). The molecule has 0 fully saturated rings. The summed E-state index contributed by atoms with van der Waals surface area (Å²) in [6.45, 7) is 8.17. The molecule has 1 atom stereocenters. The van der Waals surface area contributed by atoms with Gasteiger partial charge in [0.25, 0.3) is 0 Å². The van der Waals surface area contributed by atoms with E-state index >= 15 is 0 Å². The molecular weight excluding hydrogens is 268 g/mol. The normalized spacial score (nSPS) is 11.8. The molecule has 1 heterocycles.